The smallest absolute Gasteiger partial charge is 0.310 e. The molecule has 0 bridgehead atoms. The van der Waals surface area contributed by atoms with Crippen molar-refractivity contribution in [1.29, 1.82) is 0 Å². The van der Waals surface area contributed by atoms with E-state index in [2.05, 4.69) is 0 Å². The van der Waals surface area contributed by atoms with Gasteiger partial charge in [0.25, 0.3) is 0 Å². The number of hydrogen-bond acceptors (Lipinski definition) is 3. The van der Waals surface area contributed by atoms with Crippen LogP contribution in [0.3, 0.4) is 0 Å². The fraction of sp³-hybridized carbons (Fsp3) is 0.900. The summed E-state index contributed by atoms with van der Waals surface area (Å²) in [5.74, 6) is 1.00. The highest BCUT2D eigenvalue weighted by Crippen LogP contribution is 2.51. The minimum absolute atomic E-state index is 0.0363. The van der Waals surface area contributed by atoms with Crippen molar-refractivity contribution in [1.82, 2.24) is 0 Å². The molecule has 13 heavy (non-hydrogen) atoms. The number of carbonyl (C=O) groups is 1. The van der Waals surface area contributed by atoms with Crippen LogP contribution in [0.25, 0.3) is 0 Å². The minimum Gasteiger partial charge on any atom is -0.460 e. The van der Waals surface area contributed by atoms with Crippen molar-refractivity contribution in [3.05, 3.63) is 0 Å². The zero-order chi connectivity index (χ0) is 9.64. The quantitative estimate of drug-likeness (QED) is 0.575. The maximum Gasteiger partial charge on any atom is 0.310 e. The van der Waals surface area contributed by atoms with Gasteiger partial charge >= 0.3 is 5.97 Å². The van der Waals surface area contributed by atoms with Gasteiger partial charge in [0.15, 0.2) is 0 Å². The van der Waals surface area contributed by atoms with Crippen LogP contribution in [0, 0.1) is 17.8 Å². The van der Waals surface area contributed by atoms with Gasteiger partial charge in [0.2, 0.25) is 0 Å². The Morgan fingerprint density at radius 2 is 1.85 bits per heavy atom. The molecule has 3 nitrogen and oxygen atoms in total. The maximum atomic E-state index is 11.6. The molecule has 1 aliphatic heterocycles. The van der Waals surface area contributed by atoms with E-state index in [1.807, 2.05) is 20.8 Å². The predicted octanol–water partition coefficient (Wildman–Crippen LogP) is 1.22. The first kappa shape index (κ1) is 9.00. The molecular weight excluding hydrogens is 168 g/mol. The molecule has 0 radical (unpaired) electrons. The van der Waals surface area contributed by atoms with E-state index in [-0.39, 0.29) is 17.5 Å². The van der Waals surface area contributed by atoms with Crippen LogP contribution in [0.2, 0.25) is 0 Å². The molecule has 0 aromatic carbocycles. The van der Waals surface area contributed by atoms with Crippen molar-refractivity contribution in [2.24, 2.45) is 17.8 Å². The molecular formula is C10H16O3. The van der Waals surface area contributed by atoms with Gasteiger partial charge in [0.05, 0.1) is 19.1 Å². The second kappa shape index (κ2) is 2.71. The molecule has 0 spiro atoms. The van der Waals surface area contributed by atoms with E-state index in [1.54, 1.807) is 0 Å². The fourth-order valence-electron chi connectivity index (χ4n) is 1.96. The minimum atomic E-state index is -0.352. The molecule has 0 N–H and O–H groups in total. The Bertz CT molecular complexity index is 219. The zero-order valence-corrected chi connectivity index (χ0v) is 8.37. The Hall–Kier alpha value is -0.570. The van der Waals surface area contributed by atoms with Gasteiger partial charge in [-0.25, -0.2) is 0 Å². The Labute approximate surface area is 78.4 Å². The third-order valence-electron chi connectivity index (χ3n) is 2.63. The summed E-state index contributed by atoms with van der Waals surface area (Å²) in [5.41, 5.74) is -0.352. The first-order valence-corrected chi connectivity index (χ1v) is 4.79. The van der Waals surface area contributed by atoms with Crippen LogP contribution >= 0.6 is 0 Å². The van der Waals surface area contributed by atoms with Gasteiger partial charge in [0.1, 0.15) is 5.60 Å². The molecule has 0 aromatic rings. The second-order valence-corrected chi connectivity index (χ2v) is 4.92. The second-order valence-electron chi connectivity index (χ2n) is 4.92. The molecule has 2 aliphatic rings. The van der Waals surface area contributed by atoms with Crippen LogP contribution in [-0.2, 0) is 14.3 Å². The van der Waals surface area contributed by atoms with Crippen molar-refractivity contribution in [2.75, 3.05) is 13.2 Å². The Kier molecular flexibility index (Phi) is 1.88. The summed E-state index contributed by atoms with van der Waals surface area (Å²) in [5, 5.41) is 0. The van der Waals surface area contributed by atoms with Gasteiger partial charge in [0, 0.05) is 11.8 Å². The van der Waals surface area contributed by atoms with Gasteiger partial charge in [-0.1, -0.05) is 0 Å². The van der Waals surface area contributed by atoms with E-state index in [4.69, 9.17) is 9.47 Å². The first-order valence-electron chi connectivity index (χ1n) is 4.79. The Morgan fingerprint density at radius 1 is 1.31 bits per heavy atom. The SMILES string of the molecule is CC(C)(C)OC(=O)[C@@H]1[C@@H]2COC[C@@H]21. The maximum absolute atomic E-state index is 11.6. The summed E-state index contributed by atoms with van der Waals surface area (Å²) in [7, 11) is 0. The summed E-state index contributed by atoms with van der Waals surface area (Å²) in [4.78, 5) is 11.6. The lowest BCUT2D eigenvalue weighted by Crippen LogP contribution is -2.26. The summed E-state index contributed by atoms with van der Waals surface area (Å²) in [6.45, 7) is 7.20. The van der Waals surface area contributed by atoms with Gasteiger partial charge < -0.3 is 9.47 Å². The largest absolute Gasteiger partial charge is 0.460 e. The molecule has 1 aliphatic carbocycles. The molecule has 0 unspecified atom stereocenters. The lowest BCUT2D eigenvalue weighted by atomic mass is 10.2. The van der Waals surface area contributed by atoms with E-state index in [0.29, 0.717) is 11.8 Å². The Morgan fingerprint density at radius 3 is 2.31 bits per heavy atom. The third kappa shape index (κ3) is 1.70. The summed E-state index contributed by atoms with van der Waals surface area (Å²) in [6.07, 6.45) is 0. The van der Waals surface area contributed by atoms with Gasteiger partial charge in [-0.3, -0.25) is 4.79 Å². The van der Waals surface area contributed by atoms with Crippen molar-refractivity contribution < 1.29 is 14.3 Å². The van der Waals surface area contributed by atoms with Crippen molar-refractivity contribution >= 4 is 5.97 Å². The van der Waals surface area contributed by atoms with Gasteiger partial charge in [-0.15, -0.1) is 0 Å². The van der Waals surface area contributed by atoms with Crippen LogP contribution in [0.1, 0.15) is 20.8 Å². The highest BCUT2D eigenvalue weighted by atomic mass is 16.6. The lowest BCUT2D eigenvalue weighted by molar-refractivity contribution is -0.158. The van der Waals surface area contributed by atoms with Crippen molar-refractivity contribution in [2.45, 2.75) is 26.4 Å². The molecule has 3 heteroatoms. The highest BCUT2D eigenvalue weighted by molar-refractivity contribution is 5.77. The van der Waals surface area contributed by atoms with Crippen molar-refractivity contribution in [3.8, 4) is 0 Å². The number of esters is 1. The lowest BCUT2D eigenvalue weighted by Gasteiger charge is -2.20. The van der Waals surface area contributed by atoms with E-state index < -0.39 is 0 Å². The molecule has 0 amide bonds. The summed E-state index contributed by atoms with van der Waals surface area (Å²) in [6, 6.07) is 0. The summed E-state index contributed by atoms with van der Waals surface area (Å²) >= 11 is 0. The van der Waals surface area contributed by atoms with Gasteiger partial charge in [-0.05, 0) is 20.8 Å². The van der Waals surface area contributed by atoms with Crippen molar-refractivity contribution in [3.63, 3.8) is 0 Å². The molecule has 74 valence electrons. The van der Waals surface area contributed by atoms with Crippen LogP contribution in [0.4, 0.5) is 0 Å². The number of carbonyl (C=O) groups excluding carboxylic acids is 1. The molecule has 0 aromatic heterocycles. The third-order valence-corrected chi connectivity index (χ3v) is 2.63. The van der Waals surface area contributed by atoms with Crippen LogP contribution in [0.15, 0.2) is 0 Å². The number of ether oxygens (including phenoxy) is 2. The number of hydrogen-bond donors (Lipinski definition) is 0. The fourth-order valence-corrected chi connectivity index (χ4v) is 1.96. The summed E-state index contributed by atoms with van der Waals surface area (Å²) < 4.78 is 10.5. The average molecular weight is 184 g/mol. The normalized spacial score (nSPS) is 37.0. The first-order chi connectivity index (χ1) is 5.99. The number of rotatable bonds is 1. The van der Waals surface area contributed by atoms with Crippen LogP contribution < -0.4 is 0 Å². The van der Waals surface area contributed by atoms with E-state index in [1.165, 1.54) is 0 Å². The molecule has 1 heterocycles. The van der Waals surface area contributed by atoms with E-state index in [9.17, 15) is 4.79 Å². The molecule has 1 saturated carbocycles. The average Bonchev–Trinajstić information content (AvgIpc) is 2.44. The van der Waals surface area contributed by atoms with Crippen LogP contribution in [0.5, 0.6) is 0 Å². The number of fused-ring (bicyclic) bond motifs is 1. The molecule has 3 atom stereocenters. The monoisotopic (exact) mass is 184 g/mol. The molecule has 2 rings (SSSR count). The van der Waals surface area contributed by atoms with Gasteiger partial charge in [-0.2, -0.15) is 0 Å². The zero-order valence-electron chi connectivity index (χ0n) is 8.37. The standard InChI is InChI=1S/C10H16O3/c1-10(2,3)13-9(11)8-6-4-12-5-7(6)8/h6-8H,4-5H2,1-3H3/t6-,7+,8-. The molecule has 1 saturated heterocycles. The topological polar surface area (TPSA) is 35.5 Å². The predicted molar refractivity (Wildman–Crippen MR) is 47.1 cm³/mol. The Balaban J connectivity index is 1.87. The van der Waals surface area contributed by atoms with Crippen LogP contribution in [-0.4, -0.2) is 24.8 Å². The van der Waals surface area contributed by atoms with E-state index in [0.717, 1.165) is 13.2 Å². The highest BCUT2D eigenvalue weighted by Gasteiger charge is 2.59. The van der Waals surface area contributed by atoms with E-state index >= 15 is 0 Å². The molecule has 2 fully saturated rings.